The summed E-state index contributed by atoms with van der Waals surface area (Å²) in [6, 6.07) is 24.8. The van der Waals surface area contributed by atoms with Crippen molar-refractivity contribution in [2.75, 3.05) is 15.5 Å². The van der Waals surface area contributed by atoms with E-state index in [1.165, 1.54) is 12.1 Å². The summed E-state index contributed by atoms with van der Waals surface area (Å²) in [5, 5.41) is 6.65. The van der Waals surface area contributed by atoms with Crippen molar-refractivity contribution >= 4 is 40.1 Å². The van der Waals surface area contributed by atoms with E-state index < -0.39 is 0 Å². The molecule has 0 spiro atoms. The van der Waals surface area contributed by atoms with Crippen LogP contribution in [0.5, 0.6) is 0 Å². The molecule has 0 aromatic heterocycles. The highest BCUT2D eigenvalue weighted by Crippen LogP contribution is 2.28. The molecule has 0 unspecified atom stereocenters. The van der Waals surface area contributed by atoms with E-state index in [0.29, 0.717) is 11.2 Å². The zero-order valence-electron chi connectivity index (χ0n) is 15.3. The first-order chi connectivity index (χ1) is 13.0. The van der Waals surface area contributed by atoms with Gasteiger partial charge in [-0.3, -0.25) is 0 Å². The lowest BCUT2D eigenvalue weighted by Crippen LogP contribution is -2.25. The summed E-state index contributed by atoms with van der Waals surface area (Å²) in [6.07, 6.45) is 0. The number of nitrogens with one attached hydrogen (secondary N) is 2. The van der Waals surface area contributed by atoms with Crippen molar-refractivity contribution in [3.63, 3.8) is 0 Å². The summed E-state index contributed by atoms with van der Waals surface area (Å²) < 4.78 is 13.0. The number of nitrogens with zero attached hydrogens (tertiary/aromatic N) is 1. The Labute approximate surface area is 164 Å². The lowest BCUT2D eigenvalue weighted by atomic mass is 10.2. The van der Waals surface area contributed by atoms with E-state index in [4.69, 9.17) is 12.2 Å². The molecule has 0 aliphatic heterocycles. The minimum Gasteiger partial charge on any atom is -0.339 e. The summed E-state index contributed by atoms with van der Waals surface area (Å²) in [7, 11) is 0. The first-order valence-corrected chi connectivity index (χ1v) is 9.21. The Bertz CT molecular complexity index is 878. The van der Waals surface area contributed by atoms with Crippen LogP contribution in [0.1, 0.15) is 13.8 Å². The van der Waals surface area contributed by atoms with Gasteiger partial charge in [-0.15, -0.1) is 0 Å². The molecule has 0 atom stereocenters. The Morgan fingerprint density at radius 2 is 1.26 bits per heavy atom. The van der Waals surface area contributed by atoms with Crippen LogP contribution in [0.4, 0.5) is 27.1 Å². The van der Waals surface area contributed by atoms with Gasteiger partial charge < -0.3 is 15.5 Å². The number of para-hydroxylation sites is 1. The third kappa shape index (κ3) is 5.05. The van der Waals surface area contributed by atoms with Crippen LogP contribution in [-0.2, 0) is 0 Å². The lowest BCUT2D eigenvalue weighted by Gasteiger charge is -2.29. The second-order valence-corrected chi connectivity index (χ2v) is 6.84. The minimum atomic E-state index is -0.275. The van der Waals surface area contributed by atoms with Crippen molar-refractivity contribution in [1.82, 2.24) is 0 Å². The topological polar surface area (TPSA) is 27.3 Å². The van der Waals surface area contributed by atoms with Crippen LogP contribution in [0, 0.1) is 5.82 Å². The Morgan fingerprint density at radius 3 is 1.78 bits per heavy atom. The standard InChI is InChI=1S/C22H22FN3S/c1-16(2)26(20-6-4-3-5-7-20)21-14-12-19(13-15-21)25-22(27)24-18-10-8-17(23)9-11-18/h3-16H,1-2H3,(H2,24,25,27). The van der Waals surface area contributed by atoms with Gasteiger partial charge in [0.05, 0.1) is 0 Å². The zero-order valence-corrected chi connectivity index (χ0v) is 16.1. The smallest absolute Gasteiger partial charge is 0.175 e. The van der Waals surface area contributed by atoms with Crippen molar-refractivity contribution in [3.8, 4) is 0 Å². The molecule has 27 heavy (non-hydrogen) atoms. The average Bonchev–Trinajstić information content (AvgIpc) is 2.66. The predicted molar refractivity (Wildman–Crippen MR) is 116 cm³/mol. The molecule has 0 saturated heterocycles. The van der Waals surface area contributed by atoms with E-state index in [9.17, 15) is 4.39 Å². The van der Waals surface area contributed by atoms with Gasteiger partial charge in [-0.1, -0.05) is 18.2 Å². The van der Waals surface area contributed by atoms with Crippen molar-refractivity contribution in [2.24, 2.45) is 0 Å². The maximum atomic E-state index is 13.0. The highest BCUT2D eigenvalue weighted by atomic mass is 32.1. The molecule has 3 nitrogen and oxygen atoms in total. The predicted octanol–water partition coefficient (Wildman–Crippen LogP) is 6.18. The molecular formula is C22H22FN3S. The second kappa shape index (κ2) is 8.64. The summed E-state index contributed by atoms with van der Waals surface area (Å²) >= 11 is 5.33. The zero-order chi connectivity index (χ0) is 19.2. The first kappa shape index (κ1) is 18.9. The monoisotopic (exact) mass is 379 g/mol. The number of hydrogen-bond donors (Lipinski definition) is 2. The molecule has 3 rings (SSSR count). The molecule has 0 saturated carbocycles. The van der Waals surface area contributed by atoms with E-state index in [0.717, 1.165) is 22.7 Å². The Morgan fingerprint density at radius 1 is 0.778 bits per heavy atom. The van der Waals surface area contributed by atoms with Crippen LogP contribution in [0.2, 0.25) is 0 Å². The third-order valence-electron chi connectivity index (χ3n) is 4.06. The second-order valence-electron chi connectivity index (χ2n) is 6.43. The lowest BCUT2D eigenvalue weighted by molar-refractivity contribution is 0.628. The highest BCUT2D eigenvalue weighted by molar-refractivity contribution is 7.80. The fourth-order valence-corrected chi connectivity index (χ4v) is 3.10. The Kier molecular flexibility index (Phi) is 6.04. The van der Waals surface area contributed by atoms with Gasteiger partial charge in [-0.25, -0.2) is 4.39 Å². The number of hydrogen-bond acceptors (Lipinski definition) is 2. The molecule has 0 aliphatic carbocycles. The van der Waals surface area contributed by atoms with Gasteiger partial charge in [0.1, 0.15) is 5.82 Å². The van der Waals surface area contributed by atoms with Crippen molar-refractivity contribution in [2.45, 2.75) is 19.9 Å². The van der Waals surface area contributed by atoms with Crippen LogP contribution >= 0.6 is 12.2 Å². The fraction of sp³-hybridized carbons (Fsp3) is 0.136. The molecule has 0 amide bonds. The van der Waals surface area contributed by atoms with E-state index in [1.807, 2.05) is 30.3 Å². The van der Waals surface area contributed by atoms with Crippen molar-refractivity contribution in [3.05, 3.63) is 84.7 Å². The van der Waals surface area contributed by atoms with E-state index in [-0.39, 0.29) is 5.82 Å². The fourth-order valence-electron chi connectivity index (χ4n) is 2.87. The van der Waals surface area contributed by atoms with E-state index in [1.54, 1.807) is 12.1 Å². The van der Waals surface area contributed by atoms with Crippen LogP contribution in [0.3, 0.4) is 0 Å². The SMILES string of the molecule is CC(C)N(c1ccccc1)c1ccc(NC(=S)Nc2ccc(F)cc2)cc1. The molecule has 3 aromatic rings. The maximum absolute atomic E-state index is 13.0. The van der Waals surface area contributed by atoms with Crippen LogP contribution in [0.15, 0.2) is 78.9 Å². The van der Waals surface area contributed by atoms with Crippen LogP contribution in [0.25, 0.3) is 0 Å². The quantitative estimate of drug-likeness (QED) is 0.518. The normalized spacial score (nSPS) is 10.5. The molecule has 0 fully saturated rings. The molecule has 0 bridgehead atoms. The summed E-state index contributed by atoms with van der Waals surface area (Å²) in [6.45, 7) is 4.34. The number of rotatable bonds is 5. The molecule has 2 N–H and O–H groups in total. The average molecular weight is 380 g/mol. The molecular weight excluding hydrogens is 357 g/mol. The molecule has 0 heterocycles. The van der Waals surface area contributed by atoms with Crippen LogP contribution in [-0.4, -0.2) is 11.2 Å². The van der Waals surface area contributed by atoms with Gasteiger partial charge in [0, 0.05) is 28.8 Å². The van der Waals surface area contributed by atoms with Gasteiger partial charge >= 0.3 is 0 Å². The van der Waals surface area contributed by atoms with Gasteiger partial charge in [-0.2, -0.15) is 0 Å². The van der Waals surface area contributed by atoms with Gasteiger partial charge in [0.25, 0.3) is 0 Å². The van der Waals surface area contributed by atoms with Gasteiger partial charge in [0.2, 0.25) is 0 Å². The molecule has 3 aromatic carbocycles. The van der Waals surface area contributed by atoms with Crippen molar-refractivity contribution in [1.29, 1.82) is 0 Å². The number of halogens is 1. The molecule has 5 heteroatoms. The summed E-state index contributed by atoms with van der Waals surface area (Å²) in [4.78, 5) is 2.28. The Balaban J connectivity index is 1.69. The highest BCUT2D eigenvalue weighted by Gasteiger charge is 2.12. The number of benzene rings is 3. The van der Waals surface area contributed by atoms with Crippen LogP contribution < -0.4 is 15.5 Å². The molecule has 138 valence electrons. The molecule has 0 aliphatic rings. The maximum Gasteiger partial charge on any atom is 0.175 e. The summed E-state index contributed by atoms with van der Waals surface area (Å²) in [5.41, 5.74) is 3.89. The van der Waals surface area contributed by atoms with Gasteiger partial charge in [-0.05, 0) is 86.7 Å². The first-order valence-electron chi connectivity index (χ1n) is 8.81. The van der Waals surface area contributed by atoms with E-state index in [2.05, 4.69) is 53.6 Å². The molecule has 0 radical (unpaired) electrons. The van der Waals surface area contributed by atoms with Gasteiger partial charge in [0.15, 0.2) is 5.11 Å². The minimum absolute atomic E-state index is 0.275. The number of anilines is 4. The third-order valence-corrected chi connectivity index (χ3v) is 4.26. The van der Waals surface area contributed by atoms with E-state index >= 15 is 0 Å². The summed E-state index contributed by atoms with van der Waals surface area (Å²) in [5.74, 6) is -0.275. The van der Waals surface area contributed by atoms with Crippen molar-refractivity contribution < 1.29 is 4.39 Å². The Hall–Kier alpha value is -2.92. The number of thiocarbonyl (C=S) groups is 1. The largest absolute Gasteiger partial charge is 0.339 e.